The van der Waals surface area contributed by atoms with Crippen LogP contribution in [-0.4, -0.2) is 119 Å². The van der Waals surface area contributed by atoms with E-state index in [0.29, 0.717) is 0 Å². The molecule has 0 aliphatic carbocycles. The number of carboxylic acid groups (broad SMARTS) is 1. The Labute approximate surface area is 203 Å². The molecular weight excluding hydrogens is 430 g/mol. The molecule has 0 radical (unpaired) electrons. The Morgan fingerprint density at radius 1 is 1.00 bits per heavy atom. The van der Waals surface area contributed by atoms with Gasteiger partial charge in [0.15, 0.2) is 5.25 Å². The fraction of sp³-hybridized carbons (Fsp3) is 0.833. The first-order valence-corrected chi connectivity index (χ1v) is 10.2. The minimum absolute atomic E-state index is 0. The summed E-state index contributed by atoms with van der Waals surface area (Å²) in [6.45, 7) is 3.98. The van der Waals surface area contributed by atoms with Gasteiger partial charge in [-0.05, 0) is 12.3 Å². The number of unbranched alkanes of at least 4 members (excludes halogenated alkanes) is 1. The van der Waals surface area contributed by atoms with Gasteiger partial charge in [-0.2, -0.15) is 16.8 Å². The van der Waals surface area contributed by atoms with Crippen molar-refractivity contribution in [2.75, 3.05) is 6.61 Å². The number of hydrogen-bond donors (Lipinski definition) is 4. The van der Waals surface area contributed by atoms with Crippen molar-refractivity contribution in [1.82, 2.24) is 0 Å². The molecule has 0 saturated carbocycles. The summed E-state index contributed by atoms with van der Waals surface area (Å²) in [6, 6.07) is 0. The second-order valence-electron chi connectivity index (χ2n) is 5.10. The van der Waals surface area contributed by atoms with E-state index < -0.39 is 44.1 Å². The van der Waals surface area contributed by atoms with Gasteiger partial charge in [0.05, 0.1) is 13.0 Å². The van der Waals surface area contributed by atoms with E-state index in [1.807, 2.05) is 13.8 Å². The van der Waals surface area contributed by atoms with Gasteiger partial charge < -0.3 is 9.84 Å². The summed E-state index contributed by atoms with van der Waals surface area (Å²) >= 11 is 0. The summed E-state index contributed by atoms with van der Waals surface area (Å²) in [7, 11) is -9.45. The van der Waals surface area contributed by atoms with E-state index in [0.717, 1.165) is 25.7 Å². The van der Waals surface area contributed by atoms with Gasteiger partial charge in [0.25, 0.3) is 10.1 Å². The molecule has 2 unspecified atom stereocenters. The van der Waals surface area contributed by atoms with Crippen LogP contribution < -0.4 is 0 Å². The van der Waals surface area contributed by atoms with Gasteiger partial charge in [-0.25, -0.2) is 0 Å². The van der Waals surface area contributed by atoms with Gasteiger partial charge in [-0.3, -0.25) is 23.2 Å². The Hall–Kier alpha value is 0.720. The zero-order valence-electron chi connectivity index (χ0n) is 13.9. The summed E-state index contributed by atoms with van der Waals surface area (Å²) in [5.41, 5.74) is 0. The van der Waals surface area contributed by atoms with Gasteiger partial charge in [0.2, 0.25) is 0 Å². The maximum absolute atomic E-state index is 11.6. The van der Waals surface area contributed by atoms with E-state index in [4.69, 9.17) is 31.9 Å². The molecule has 4 N–H and O–H groups in total. The van der Waals surface area contributed by atoms with Crippen molar-refractivity contribution in [3.05, 3.63) is 0 Å². The molecule has 0 aromatic carbocycles. The van der Waals surface area contributed by atoms with Crippen LogP contribution >= 0.6 is 0 Å². The number of carbonyl (C=O) groups excluding carboxylic acids is 1. The van der Waals surface area contributed by atoms with Crippen molar-refractivity contribution >= 4 is 91.6 Å². The Kier molecular flexibility index (Phi) is 22.9. The number of esters is 1. The van der Waals surface area contributed by atoms with E-state index in [1.165, 1.54) is 0 Å². The molecule has 0 heterocycles. The Morgan fingerprint density at radius 3 is 1.74 bits per heavy atom. The van der Waals surface area contributed by atoms with Crippen LogP contribution in [0.25, 0.3) is 0 Å². The first-order chi connectivity index (χ1) is 11.2. The summed E-state index contributed by atoms with van der Waals surface area (Å²) in [4.78, 5) is 22.1. The zero-order valence-corrected chi connectivity index (χ0v) is 15.5. The van der Waals surface area contributed by atoms with Crippen LogP contribution in [0.5, 0.6) is 0 Å². The molecule has 0 bridgehead atoms. The van der Waals surface area contributed by atoms with E-state index in [1.54, 1.807) is 0 Å². The molecule has 154 valence electrons. The number of carbonyl (C=O) groups is 2. The Morgan fingerprint density at radius 2 is 1.44 bits per heavy atom. The maximum atomic E-state index is 11.6. The molecule has 0 saturated heterocycles. The minimum atomic E-state index is -4.79. The van der Waals surface area contributed by atoms with Crippen LogP contribution in [0.4, 0.5) is 0 Å². The van der Waals surface area contributed by atoms with Crippen LogP contribution in [0.15, 0.2) is 0 Å². The summed E-state index contributed by atoms with van der Waals surface area (Å²) < 4.78 is 67.3. The van der Waals surface area contributed by atoms with E-state index in [2.05, 4.69) is 0 Å². The quantitative estimate of drug-likeness (QED) is 0.189. The Bertz CT molecular complexity index is 611. The van der Waals surface area contributed by atoms with Crippen molar-refractivity contribution < 1.29 is 49.9 Å². The topological polar surface area (TPSA) is 193 Å². The molecule has 15 heteroatoms. The zero-order chi connectivity index (χ0) is 20.3. The molecule has 27 heavy (non-hydrogen) atoms. The predicted molar refractivity (Wildman–Crippen MR) is 100 cm³/mol. The third-order valence-corrected chi connectivity index (χ3v) is 4.07. The SMILES string of the molecule is CCCCC(CC)COC(=O)C(CC(=O)O)S(=O)(=O)O.O=S(=O)(O)O.[NaH].[NaH]. The summed E-state index contributed by atoms with van der Waals surface area (Å²) in [5.74, 6) is -2.61. The average Bonchev–Trinajstić information content (AvgIpc) is 2.41. The number of aliphatic carboxylic acids is 1. The van der Waals surface area contributed by atoms with Crippen LogP contribution in [0.2, 0.25) is 0 Å². The molecule has 0 aromatic heterocycles. The van der Waals surface area contributed by atoms with Crippen molar-refractivity contribution in [3.63, 3.8) is 0 Å². The molecule has 0 aliphatic rings. The van der Waals surface area contributed by atoms with Gasteiger partial charge in [0, 0.05) is 0 Å². The summed E-state index contributed by atoms with van der Waals surface area (Å²) in [6.07, 6.45) is 2.56. The number of ether oxygens (including phenoxy) is 1. The van der Waals surface area contributed by atoms with Crippen molar-refractivity contribution in [1.29, 1.82) is 0 Å². The third-order valence-electron chi connectivity index (χ3n) is 2.99. The second-order valence-corrected chi connectivity index (χ2v) is 7.59. The van der Waals surface area contributed by atoms with Gasteiger partial charge >= 0.3 is 81.5 Å². The van der Waals surface area contributed by atoms with Gasteiger partial charge in [-0.15, -0.1) is 0 Å². The predicted octanol–water partition coefficient (Wildman–Crippen LogP) is -0.473. The van der Waals surface area contributed by atoms with Crippen molar-refractivity contribution in [3.8, 4) is 0 Å². The molecule has 0 rings (SSSR count). The third kappa shape index (κ3) is 24.7. The molecule has 2 atom stereocenters. The Balaban J connectivity index is -0.000000333. The second kappa shape index (κ2) is 17.6. The number of carboxylic acids is 1. The standard InChI is InChI=1S/C12H22O7S.2Na.H2O4S.2H/c1-3-5-6-9(4-2)8-19-12(15)10(7-11(13)14)20(16,17)18;;;1-5(2,3)4;;/h9-10H,3-8H2,1-2H3,(H,13,14)(H,16,17,18);;;(H2,1,2,3,4);;. The first-order valence-electron chi connectivity index (χ1n) is 7.26. The normalized spacial score (nSPS) is 12.9. The van der Waals surface area contributed by atoms with Crippen LogP contribution in [0, 0.1) is 5.92 Å². The number of hydrogen-bond acceptors (Lipinski definition) is 7. The van der Waals surface area contributed by atoms with Gasteiger partial charge in [-0.1, -0.05) is 33.1 Å². The number of rotatable bonds is 10. The molecule has 0 fully saturated rings. The van der Waals surface area contributed by atoms with E-state index in [9.17, 15) is 18.0 Å². The first kappa shape index (κ1) is 35.2. The van der Waals surface area contributed by atoms with Crippen molar-refractivity contribution in [2.45, 2.75) is 51.2 Å². The molecule has 0 aliphatic heterocycles. The molecule has 11 nitrogen and oxygen atoms in total. The van der Waals surface area contributed by atoms with Crippen molar-refractivity contribution in [2.24, 2.45) is 5.92 Å². The van der Waals surface area contributed by atoms with Crippen LogP contribution in [0.3, 0.4) is 0 Å². The monoisotopic (exact) mass is 456 g/mol. The molecule has 0 spiro atoms. The fourth-order valence-corrected chi connectivity index (χ4v) is 2.32. The van der Waals surface area contributed by atoms with E-state index in [-0.39, 0.29) is 71.6 Å². The fourth-order valence-electron chi connectivity index (χ4n) is 1.66. The van der Waals surface area contributed by atoms with Gasteiger partial charge in [0.1, 0.15) is 0 Å². The average molecular weight is 456 g/mol. The van der Waals surface area contributed by atoms with Crippen LogP contribution in [-0.2, 0) is 34.8 Å². The molecule has 0 aromatic rings. The van der Waals surface area contributed by atoms with E-state index >= 15 is 0 Å². The summed E-state index contributed by atoms with van der Waals surface area (Å²) in [5, 5.41) is 6.49. The molecule has 0 amide bonds. The van der Waals surface area contributed by atoms with Crippen LogP contribution in [0.1, 0.15) is 46.0 Å². The molecular formula is C12H26Na2O11S2.